The number of benzene rings is 2. The summed E-state index contributed by atoms with van der Waals surface area (Å²) >= 11 is 0. The van der Waals surface area contributed by atoms with Crippen LogP contribution in [0.1, 0.15) is 19.3 Å². The number of hydrogen-bond donors (Lipinski definition) is 1. The van der Waals surface area contributed by atoms with Crippen molar-refractivity contribution in [3.63, 3.8) is 0 Å². The second kappa shape index (κ2) is 7.32. The van der Waals surface area contributed by atoms with E-state index in [1.165, 1.54) is 41.2 Å². The third kappa shape index (κ3) is 3.57. The van der Waals surface area contributed by atoms with Crippen molar-refractivity contribution in [2.75, 3.05) is 13.2 Å². The second-order valence-electron chi connectivity index (χ2n) is 6.72. The van der Waals surface area contributed by atoms with Gasteiger partial charge in [0.2, 0.25) is 0 Å². The highest BCUT2D eigenvalue weighted by Crippen LogP contribution is 2.29. The molecule has 0 aliphatic carbocycles. The van der Waals surface area contributed by atoms with E-state index in [9.17, 15) is 12.8 Å². The molecule has 0 radical (unpaired) electrons. The van der Waals surface area contributed by atoms with Gasteiger partial charge in [0.1, 0.15) is 18.2 Å². The highest BCUT2D eigenvalue weighted by atomic mass is 32.2. The van der Waals surface area contributed by atoms with Gasteiger partial charge >= 0.3 is 0 Å². The Bertz CT molecular complexity index is 1060. The van der Waals surface area contributed by atoms with E-state index in [-0.39, 0.29) is 4.90 Å². The van der Waals surface area contributed by atoms with Gasteiger partial charge < -0.3 is 10.1 Å². The maximum atomic E-state index is 13.5. The monoisotopic (exact) mass is 388 g/mol. The van der Waals surface area contributed by atoms with Gasteiger partial charge in [-0.25, -0.2) is 16.8 Å². The van der Waals surface area contributed by atoms with Crippen molar-refractivity contribution in [3.05, 3.63) is 60.5 Å². The van der Waals surface area contributed by atoms with Crippen LogP contribution in [0.5, 0.6) is 5.75 Å². The van der Waals surface area contributed by atoms with Gasteiger partial charge in [-0.1, -0.05) is 18.6 Å². The fraction of sp³-hybridized carbons (Fsp3) is 0.300. The molecule has 4 rings (SSSR count). The third-order valence-electron chi connectivity index (χ3n) is 4.86. The highest BCUT2D eigenvalue weighted by molar-refractivity contribution is 7.90. The molecule has 0 amide bonds. The molecule has 2 aromatic carbocycles. The molecule has 1 saturated heterocycles. The Morgan fingerprint density at radius 2 is 2.00 bits per heavy atom. The summed E-state index contributed by atoms with van der Waals surface area (Å²) in [6, 6.07) is 12.4. The molecule has 5 nitrogen and oxygen atoms in total. The van der Waals surface area contributed by atoms with Gasteiger partial charge in [-0.15, -0.1) is 0 Å². The number of hydrogen-bond acceptors (Lipinski definition) is 4. The van der Waals surface area contributed by atoms with E-state index < -0.39 is 15.8 Å². The first kappa shape index (κ1) is 18.0. The first-order chi connectivity index (χ1) is 13.1. The van der Waals surface area contributed by atoms with E-state index in [2.05, 4.69) is 5.32 Å². The minimum atomic E-state index is -3.89. The third-order valence-corrected chi connectivity index (χ3v) is 6.55. The van der Waals surface area contributed by atoms with Crippen molar-refractivity contribution in [3.8, 4) is 5.75 Å². The van der Waals surface area contributed by atoms with Crippen molar-refractivity contribution < 1.29 is 17.5 Å². The molecule has 1 fully saturated rings. The largest absolute Gasteiger partial charge is 0.491 e. The molecule has 1 aliphatic rings. The average molecular weight is 388 g/mol. The quantitative estimate of drug-likeness (QED) is 0.726. The van der Waals surface area contributed by atoms with Crippen LogP contribution >= 0.6 is 0 Å². The Morgan fingerprint density at radius 3 is 2.78 bits per heavy atom. The van der Waals surface area contributed by atoms with Crippen molar-refractivity contribution in [2.45, 2.75) is 30.2 Å². The molecule has 2 heterocycles. The van der Waals surface area contributed by atoms with Gasteiger partial charge in [0.05, 0.1) is 10.4 Å². The molecule has 3 aromatic rings. The van der Waals surface area contributed by atoms with Crippen LogP contribution < -0.4 is 10.1 Å². The van der Waals surface area contributed by atoms with Crippen LogP contribution in [0.3, 0.4) is 0 Å². The zero-order chi connectivity index (χ0) is 18.9. The van der Waals surface area contributed by atoms with Crippen LogP contribution in [0.2, 0.25) is 0 Å². The molecule has 1 aromatic heterocycles. The summed E-state index contributed by atoms with van der Waals surface area (Å²) in [7, 11) is -3.89. The molecule has 1 atom stereocenters. The van der Waals surface area contributed by atoms with E-state index >= 15 is 0 Å². The zero-order valence-corrected chi connectivity index (χ0v) is 15.6. The Balaban J connectivity index is 1.66. The smallest absolute Gasteiger partial charge is 0.268 e. The fourth-order valence-electron chi connectivity index (χ4n) is 3.45. The van der Waals surface area contributed by atoms with Crippen LogP contribution in [0.4, 0.5) is 4.39 Å². The molecule has 27 heavy (non-hydrogen) atoms. The average Bonchev–Trinajstić information content (AvgIpc) is 3.13. The van der Waals surface area contributed by atoms with Gasteiger partial charge in [0.25, 0.3) is 10.0 Å². The summed E-state index contributed by atoms with van der Waals surface area (Å²) < 4.78 is 46.5. The Kier molecular flexibility index (Phi) is 4.88. The van der Waals surface area contributed by atoms with Gasteiger partial charge in [-0.3, -0.25) is 0 Å². The lowest BCUT2D eigenvalue weighted by Crippen LogP contribution is -2.38. The highest BCUT2D eigenvalue weighted by Gasteiger charge is 2.21. The second-order valence-corrected chi connectivity index (χ2v) is 8.54. The maximum Gasteiger partial charge on any atom is 0.268 e. The molecule has 1 aliphatic heterocycles. The predicted octanol–water partition coefficient (Wildman–Crippen LogP) is 3.54. The number of fused-ring (bicyclic) bond motifs is 1. The number of nitrogens with one attached hydrogen (secondary N) is 1. The maximum absolute atomic E-state index is 13.5. The lowest BCUT2D eigenvalue weighted by molar-refractivity contribution is 0.241. The normalized spacial score (nSPS) is 17.9. The summed E-state index contributed by atoms with van der Waals surface area (Å²) in [6.07, 6.45) is 4.93. The predicted molar refractivity (Wildman–Crippen MR) is 102 cm³/mol. The van der Waals surface area contributed by atoms with Gasteiger partial charge in [0.15, 0.2) is 0 Å². The van der Waals surface area contributed by atoms with E-state index in [0.29, 0.717) is 29.3 Å². The van der Waals surface area contributed by atoms with Crippen molar-refractivity contribution in [1.29, 1.82) is 0 Å². The van der Waals surface area contributed by atoms with Crippen LogP contribution in [0.25, 0.3) is 10.9 Å². The lowest BCUT2D eigenvalue weighted by Gasteiger charge is -2.23. The van der Waals surface area contributed by atoms with E-state index in [1.54, 1.807) is 18.2 Å². The molecule has 1 N–H and O–H groups in total. The van der Waals surface area contributed by atoms with Gasteiger partial charge in [-0.2, -0.15) is 0 Å². The zero-order valence-electron chi connectivity index (χ0n) is 14.8. The standard InChI is InChI=1S/C20H21FN2O3S/c21-15-5-3-7-17(13-15)27(24,25)23-12-10-18-19(23)8-4-9-20(18)26-14-16-6-1-2-11-22-16/h3-5,7-10,12-13,16,22H,1-2,6,11,14H2. The fourth-order valence-corrected chi connectivity index (χ4v) is 4.83. The summed E-state index contributed by atoms with van der Waals surface area (Å²) in [5, 5.41) is 4.15. The van der Waals surface area contributed by atoms with Crippen LogP contribution in [-0.2, 0) is 10.0 Å². The summed E-state index contributed by atoms with van der Waals surface area (Å²) in [5.41, 5.74) is 0.508. The number of ether oxygens (including phenoxy) is 1. The molecular weight excluding hydrogens is 367 g/mol. The molecule has 0 bridgehead atoms. The first-order valence-electron chi connectivity index (χ1n) is 9.03. The number of aromatic nitrogens is 1. The molecule has 7 heteroatoms. The van der Waals surface area contributed by atoms with Crippen molar-refractivity contribution in [1.82, 2.24) is 9.29 Å². The van der Waals surface area contributed by atoms with Gasteiger partial charge in [-0.05, 0) is 55.8 Å². The Morgan fingerprint density at radius 1 is 1.15 bits per heavy atom. The topological polar surface area (TPSA) is 60.3 Å². The van der Waals surface area contributed by atoms with Crippen LogP contribution in [0, 0.1) is 5.82 Å². The lowest BCUT2D eigenvalue weighted by atomic mass is 10.1. The van der Waals surface area contributed by atoms with E-state index in [4.69, 9.17) is 4.74 Å². The van der Waals surface area contributed by atoms with Gasteiger partial charge in [0, 0.05) is 17.6 Å². The minimum Gasteiger partial charge on any atom is -0.491 e. The van der Waals surface area contributed by atoms with Crippen LogP contribution in [-0.4, -0.2) is 31.6 Å². The molecule has 0 saturated carbocycles. The summed E-state index contributed by atoms with van der Waals surface area (Å²) in [4.78, 5) is -0.0854. The Labute approximate surface area is 157 Å². The van der Waals surface area contributed by atoms with Crippen LogP contribution in [0.15, 0.2) is 59.6 Å². The summed E-state index contributed by atoms with van der Waals surface area (Å²) in [5.74, 6) is 0.0598. The number of nitrogens with zero attached hydrogens (tertiary/aromatic N) is 1. The van der Waals surface area contributed by atoms with Crippen molar-refractivity contribution >= 4 is 20.9 Å². The van der Waals surface area contributed by atoms with Crippen molar-refractivity contribution in [2.24, 2.45) is 0 Å². The molecular formula is C20H21FN2O3S. The molecule has 142 valence electrons. The molecule has 0 spiro atoms. The number of rotatable bonds is 5. The van der Waals surface area contributed by atoms with E-state index in [1.807, 2.05) is 6.07 Å². The number of halogens is 1. The summed E-state index contributed by atoms with van der Waals surface area (Å²) in [6.45, 7) is 1.54. The SMILES string of the molecule is O=S(=O)(c1cccc(F)c1)n1ccc2c(OCC3CCCCN3)cccc21. The Hall–Kier alpha value is -2.38. The molecule has 1 unspecified atom stereocenters. The number of piperidine rings is 1. The minimum absolute atomic E-state index is 0.0854. The van der Waals surface area contributed by atoms with E-state index in [0.717, 1.165) is 19.0 Å². The first-order valence-corrected chi connectivity index (χ1v) is 10.5.